The fourth-order valence-electron chi connectivity index (χ4n) is 1.54. The number of sulfonamides is 1. The lowest BCUT2D eigenvalue weighted by Crippen LogP contribution is -2.48. The monoisotopic (exact) mass is 386 g/mol. The van der Waals surface area contributed by atoms with Gasteiger partial charge in [-0.15, -0.1) is 0 Å². The summed E-state index contributed by atoms with van der Waals surface area (Å²) in [6.07, 6.45) is 0. The first-order chi connectivity index (χ1) is 8.99. The van der Waals surface area contributed by atoms with E-state index < -0.39 is 26.8 Å². The molecule has 0 aliphatic rings. The third-order valence-electron chi connectivity index (χ3n) is 2.84. The van der Waals surface area contributed by atoms with Gasteiger partial charge < -0.3 is 5.73 Å². The molecule has 0 spiro atoms. The van der Waals surface area contributed by atoms with E-state index in [0.717, 1.165) is 12.1 Å². The Labute approximate surface area is 132 Å². The molecule has 1 aromatic rings. The van der Waals surface area contributed by atoms with E-state index in [4.69, 9.17) is 17.3 Å². The van der Waals surface area contributed by atoms with Gasteiger partial charge in [-0.05, 0) is 33.5 Å². The van der Waals surface area contributed by atoms with Gasteiger partial charge in [0.05, 0.1) is 5.02 Å². The highest BCUT2D eigenvalue weighted by Gasteiger charge is 2.30. The van der Waals surface area contributed by atoms with Crippen molar-refractivity contribution >= 4 is 37.6 Å². The average Bonchev–Trinajstić information content (AvgIpc) is 2.29. The lowest BCUT2D eigenvalue weighted by atomic mass is 9.88. The predicted molar refractivity (Wildman–Crippen MR) is 81.7 cm³/mol. The molecule has 0 saturated heterocycles. The summed E-state index contributed by atoms with van der Waals surface area (Å²) >= 11 is 8.80. The normalized spacial score (nSPS) is 14.3. The molecule has 1 aromatic carbocycles. The van der Waals surface area contributed by atoms with Crippen LogP contribution in [-0.2, 0) is 10.0 Å². The van der Waals surface area contributed by atoms with Crippen LogP contribution < -0.4 is 10.5 Å². The van der Waals surface area contributed by atoms with Crippen molar-refractivity contribution in [1.29, 1.82) is 0 Å². The summed E-state index contributed by atoms with van der Waals surface area (Å²) in [5, 5.41) is 0.104. The van der Waals surface area contributed by atoms with E-state index in [1.165, 1.54) is 0 Å². The van der Waals surface area contributed by atoms with Crippen LogP contribution in [0.5, 0.6) is 0 Å². The zero-order chi connectivity index (χ0) is 15.7. The summed E-state index contributed by atoms with van der Waals surface area (Å²) < 4.78 is 41.1. The number of nitrogens with one attached hydrogen (secondary N) is 1. The number of halogens is 3. The van der Waals surface area contributed by atoms with E-state index in [1.54, 1.807) is 0 Å². The van der Waals surface area contributed by atoms with E-state index in [1.807, 2.05) is 20.8 Å². The zero-order valence-corrected chi connectivity index (χ0v) is 14.5. The van der Waals surface area contributed by atoms with Gasteiger partial charge in [0.1, 0.15) is 10.7 Å². The summed E-state index contributed by atoms with van der Waals surface area (Å²) in [6.45, 7) is 5.66. The molecule has 20 heavy (non-hydrogen) atoms. The number of rotatable bonds is 4. The van der Waals surface area contributed by atoms with Gasteiger partial charge in [0.25, 0.3) is 0 Å². The fraction of sp³-hybridized carbons (Fsp3) is 0.500. The summed E-state index contributed by atoms with van der Waals surface area (Å²) in [5.74, 6) is -0.907. The van der Waals surface area contributed by atoms with Crippen molar-refractivity contribution in [1.82, 2.24) is 4.72 Å². The van der Waals surface area contributed by atoms with Crippen molar-refractivity contribution in [3.8, 4) is 0 Å². The quantitative estimate of drug-likeness (QED) is 0.780. The predicted octanol–water partition coefficient (Wildman–Crippen LogP) is 2.89. The molecule has 0 amide bonds. The smallest absolute Gasteiger partial charge is 0.243 e. The first kappa shape index (κ1) is 17.8. The Morgan fingerprint density at radius 2 is 2.00 bits per heavy atom. The first-order valence-corrected chi connectivity index (χ1v) is 8.51. The molecule has 0 heterocycles. The van der Waals surface area contributed by atoms with E-state index in [9.17, 15) is 12.8 Å². The fourth-order valence-corrected chi connectivity index (χ4v) is 3.72. The Bertz CT molecular complexity index is 602. The molecule has 1 unspecified atom stereocenters. The third kappa shape index (κ3) is 4.14. The molecule has 0 radical (unpaired) electrons. The second kappa shape index (κ2) is 6.27. The van der Waals surface area contributed by atoms with Crippen molar-refractivity contribution in [2.75, 3.05) is 6.54 Å². The van der Waals surface area contributed by atoms with Crippen molar-refractivity contribution in [3.63, 3.8) is 0 Å². The minimum atomic E-state index is -4.02. The molecule has 1 rings (SSSR count). The molecule has 0 fully saturated rings. The van der Waals surface area contributed by atoms with Crippen LogP contribution >= 0.6 is 27.5 Å². The Kier molecular flexibility index (Phi) is 5.60. The van der Waals surface area contributed by atoms with Crippen LogP contribution in [0.3, 0.4) is 0 Å². The molecule has 0 aromatic heterocycles. The maximum atomic E-state index is 13.8. The second-order valence-corrected chi connectivity index (χ2v) is 8.42. The second-order valence-electron chi connectivity index (χ2n) is 5.47. The van der Waals surface area contributed by atoms with Gasteiger partial charge in [0, 0.05) is 17.1 Å². The van der Waals surface area contributed by atoms with Crippen molar-refractivity contribution in [2.45, 2.75) is 31.7 Å². The lowest BCUT2D eigenvalue weighted by Gasteiger charge is -2.30. The summed E-state index contributed by atoms with van der Waals surface area (Å²) in [4.78, 5) is -0.462. The van der Waals surface area contributed by atoms with Crippen LogP contribution in [0.2, 0.25) is 5.02 Å². The Balaban J connectivity index is 3.21. The van der Waals surface area contributed by atoms with Crippen LogP contribution in [0.25, 0.3) is 0 Å². The summed E-state index contributed by atoms with van der Waals surface area (Å²) in [6, 6.07) is 1.58. The van der Waals surface area contributed by atoms with Crippen LogP contribution in [0.4, 0.5) is 4.39 Å². The van der Waals surface area contributed by atoms with Crippen LogP contribution in [-0.4, -0.2) is 21.0 Å². The van der Waals surface area contributed by atoms with Gasteiger partial charge in [-0.3, -0.25) is 0 Å². The van der Waals surface area contributed by atoms with Gasteiger partial charge >= 0.3 is 0 Å². The van der Waals surface area contributed by atoms with E-state index >= 15 is 0 Å². The van der Waals surface area contributed by atoms with Crippen molar-refractivity contribution < 1.29 is 12.8 Å². The first-order valence-electron chi connectivity index (χ1n) is 5.86. The highest BCUT2D eigenvalue weighted by molar-refractivity contribution is 9.10. The largest absolute Gasteiger partial charge is 0.329 e. The van der Waals surface area contributed by atoms with Gasteiger partial charge in [-0.2, -0.15) is 0 Å². The highest BCUT2D eigenvalue weighted by Crippen LogP contribution is 2.29. The number of hydrogen-bond donors (Lipinski definition) is 2. The molecule has 0 bridgehead atoms. The Hall–Kier alpha value is -0.210. The zero-order valence-electron chi connectivity index (χ0n) is 11.4. The third-order valence-corrected chi connectivity index (χ3v) is 5.53. The molecule has 1 atom stereocenters. The minimum Gasteiger partial charge on any atom is -0.329 e. The average molecular weight is 388 g/mol. The molecule has 114 valence electrons. The maximum absolute atomic E-state index is 13.8. The van der Waals surface area contributed by atoms with Gasteiger partial charge in [-0.25, -0.2) is 17.5 Å². The van der Waals surface area contributed by atoms with Crippen LogP contribution in [0.1, 0.15) is 20.8 Å². The Morgan fingerprint density at radius 3 is 2.45 bits per heavy atom. The summed E-state index contributed by atoms with van der Waals surface area (Å²) in [7, 11) is -4.02. The van der Waals surface area contributed by atoms with Crippen molar-refractivity contribution in [2.24, 2.45) is 11.1 Å². The number of nitrogens with two attached hydrogens (primary N) is 1. The number of hydrogen-bond acceptors (Lipinski definition) is 3. The van der Waals surface area contributed by atoms with Crippen LogP contribution in [0.15, 0.2) is 21.5 Å². The molecule has 0 aliphatic heterocycles. The Morgan fingerprint density at radius 1 is 1.45 bits per heavy atom. The molecule has 8 heteroatoms. The molecule has 4 nitrogen and oxygen atoms in total. The van der Waals surface area contributed by atoms with Gasteiger partial charge in [-0.1, -0.05) is 32.4 Å². The SMILES string of the molecule is CC(C)(C)C(CN)NS(=O)(=O)c1cc(Br)c(Cl)cc1F. The van der Waals surface area contributed by atoms with E-state index in [2.05, 4.69) is 20.7 Å². The van der Waals surface area contributed by atoms with Crippen LogP contribution in [0, 0.1) is 11.2 Å². The topological polar surface area (TPSA) is 72.2 Å². The molecule has 0 saturated carbocycles. The van der Waals surface area contributed by atoms with Crippen molar-refractivity contribution in [3.05, 3.63) is 27.4 Å². The standard InChI is InChI=1S/C12H17BrClFN2O2S/c1-12(2,3)11(6-16)17-20(18,19)10-4-7(13)8(14)5-9(10)15/h4-5,11,17H,6,16H2,1-3H3. The van der Waals surface area contributed by atoms with Gasteiger partial charge in [0.15, 0.2) is 0 Å². The molecule has 0 aliphatic carbocycles. The number of benzene rings is 1. The lowest BCUT2D eigenvalue weighted by molar-refractivity contribution is 0.304. The van der Waals surface area contributed by atoms with E-state index in [-0.39, 0.29) is 17.0 Å². The molecular formula is C12H17BrClFN2O2S. The molecule has 3 N–H and O–H groups in total. The van der Waals surface area contributed by atoms with E-state index in [0.29, 0.717) is 4.47 Å². The highest BCUT2D eigenvalue weighted by atomic mass is 79.9. The van der Waals surface area contributed by atoms with Gasteiger partial charge in [0.2, 0.25) is 10.0 Å². The molecular weight excluding hydrogens is 371 g/mol. The minimum absolute atomic E-state index is 0.104. The summed E-state index contributed by atoms with van der Waals surface area (Å²) in [5.41, 5.74) is 5.20. The maximum Gasteiger partial charge on any atom is 0.243 e.